The molecule has 1 saturated heterocycles. The van der Waals surface area contributed by atoms with Gasteiger partial charge in [0, 0.05) is 11.8 Å². The van der Waals surface area contributed by atoms with Gasteiger partial charge in [0.1, 0.15) is 5.40 Å². The molecule has 0 aromatic carbocycles. The molecule has 76 valence electrons. The second kappa shape index (κ2) is 4.00. The zero-order valence-electron chi connectivity index (χ0n) is 7.47. The van der Waals surface area contributed by atoms with E-state index in [1.807, 2.05) is 5.40 Å². The number of amides is 1. The molecule has 2 heterocycles. The first-order valence-electron chi connectivity index (χ1n) is 4.04. The number of anilines is 1. The second-order valence-corrected chi connectivity index (χ2v) is 4.94. The van der Waals surface area contributed by atoms with Crippen LogP contribution in [0.4, 0.5) is 5.13 Å². The van der Waals surface area contributed by atoms with Crippen molar-refractivity contribution < 1.29 is 9.59 Å². The third-order valence-electron chi connectivity index (χ3n) is 1.83. The highest BCUT2D eigenvalue weighted by Gasteiger charge is 2.30. The first-order valence-corrected chi connectivity index (χ1v) is 5.68. The fourth-order valence-corrected chi connectivity index (χ4v) is 2.59. The smallest absolute Gasteiger partial charge is 0.236 e. The highest BCUT2D eigenvalue weighted by atomic mass is 32.2. The molecule has 1 aliphatic heterocycles. The monoisotopic (exact) mass is 239 g/mol. The van der Waals surface area contributed by atoms with Gasteiger partial charge in [-0.3, -0.25) is 14.5 Å². The van der Waals surface area contributed by atoms with E-state index >= 15 is 0 Å². The predicted octanol–water partition coefficient (Wildman–Crippen LogP) is 1.02. The lowest BCUT2D eigenvalue weighted by Gasteiger charge is -2.08. The minimum atomic E-state index is -0.220. The van der Waals surface area contributed by atoms with Gasteiger partial charge < -0.3 is 0 Å². The standard InChI is InChI=1S/C8H5N3O2S2/c9-4-14-7-2-10-8(15-7)11-3-5(12)1-6(11)13/h2H,1,3H2. The van der Waals surface area contributed by atoms with Crippen LogP contribution in [-0.2, 0) is 9.59 Å². The number of thiazole rings is 1. The summed E-state index contributed by atoms with van der Waals surface area (Å²) in [6.45, 7) is 0.100. The van der Waals surface area contributed by atoms with Crippen molar-refractivity contribution in [3.8, 4) is 5.40 Å². The number of thiocyanates is 1. The average molecular weight is 239 g/mol. The van der Waals surface area contributed by atoms with Gasteiger partial charge in [-0.15, -0.1) is 0 Å². The normalized spacial score (nSPS) is 15.8. The van der Waals surface area contributed by atoms with E-state index in [4.69, 9.17) is 5.26 Å². The number of Topliss-reactive ketones (excluding diaryl/α,β-unsaturated/α-hetero) is 1. The zero-order valence-corrected chi connectivity index (χ0v) is 9.10. The van der Waals surface area contributed by atoms with Crippen molar-refractivity contribution in [2.75, 3.05) is 11.4 Å². The molecule has 7 heteroatoms. The maximum absolute atomic E-state index is 11.4. The van der Waals surface area contributed by atoms with Gasteiger partial charge in [-0.2, -0.15) is 5.26 Å². The summed E-state index contributed by atoms with van der Waals surface area (Å²) in [6.07, 6.45) is 1.49. The van der Waals surface area contributed by atoms with Crippen molar-refractivity contribution in [1.82, 2.24) is 4.98 Å². The lowest BCUT2D eigenvalue weighted by Crippen LogP contribution is -2.24. The molecule has 1 amide bonds. The number of rotatable bonds is 2. The molecular formula is C8H5N3O2S2. The van der Waals surface area contributed by atoms with Crippen molar-refractivity contribution in [2.45, 2.75) is 10.6 Å². The van der Waals surface area contributed by atoms with E-state index in [0.717, 1.165) is 16.0 Å². The Morgan fingerprint density at radius 3 is 3.00 bits per heavy atom. The zero-order chi connectivity index (χ0) is 10.8. The molecule has 0 atom stereocenters. The van der Waals surface area contributed by atoms with E-state index in [1.165, 1.54) is 22.4 Å². The lowest BCUT2D eigenvalue weighted by molar-refractivity contribution is -0.121. The number of aromatic nitrogens is 1. The number of nitriles is 1. The van der Waals surface area contributed by atoms with Crippen LogP contribution in [0.2, 0.25) is 0 Å². The quantitative estimate of drug-likeness (QED) is 0.437. The number of hydrogen-bond donors (Lipinski definition) is 0. The lowest BCUT2D eigenvalue weighted by atomic mass is 10.3. The molecule has 0 bridgehead atoms. The van der Waals surface area contributed by atoms with E-state index in [1.54, 1.807) is 0 Å². The molecule has 1 aromatic heterocycles. The highest BCUT2D eigenvalue weighted by Crippen LogP contribution is 2.31. The third-order valence-corrected chi connectivity index (χ3v) is 3.55. The Hall–Kier alpha value is -1.39. The number of carbonyl (C=O) groups is 2. The number of hydrogen-bond acceptors (Lipinski definition) is 6. The van der Waals surface area contributed by atoms with Gasteiger partial charge in [0.25, 0.3) is 0 Å². The van der Waals surface area contributed by atoms with E-state index < -0.39 is 0 Å². The summed E-state index contributed by atoms with van der Waals surface area (Å²) in [7, 11) is 0. The Kier molecular flexibility index (Phi) is 2.70. The second-order valence-electron chi connectivity index (χ2n) is 2.85. The third kappa shape index (κ3) is 2.00. The first-order chi connectivity index (χ1) is 7.20. The van der Waals surface area contributed by atoms with Crippen LogP contribution in [0.3, 0.4) is 0 Å². The molecule has 0 saturated carbocycles. The average Bonchev–Trinajstić information content (AvgIpc) is 2.73. The summed E-state index contributed by atoms with van der Waals surface area (Å²) in [4.78, 5) is 27.7. The molecule has 15 heavy (non-hydrogen) atoms. The molecule has 0 spiro atoms. The molecule has 5 nitrogen and oxygen atoms in total. The van der Waals surface area contributed by atoms with Crippen LogP contribution < -0.4 is 4.90 Å². The van der Waals surface area contributed by atoms with Gasteiger partial charge in [0.15, 0.2) is 10.9 Å². The fourth-order valence-electron chi connectivity index (χ4n) is 1.23. The van der Waals surface area contributed by atoms with Crippen molar-refractivity contribution in [3.63, 3.8) is 0 Å². The van der Waals surface area contributed by atoms with Crippen LogP contribution in [0.25, 0.3) is 0 Å². The van der Waals surface area contributed by atoms with Crippen LogP contribution in [0, 0.1) is 10.7 Å². The van der Waals surface area contributed by atoms with Crippen LogP contribution in [0.15, 0.2) is 10.4 Å². The fraction of sp³-hybridized carbons (Fsp3) is 0.250. The molecule has 0 radical (unpaired) electrons. The first kappa shape index (κ1) is 10.1. The van der Waals surface area contributed by atoms with Crippen LogP contribution >= 0.6 is 23.1 Å². The minimum Gasteiger partial charge on any atom is -0.297 e. The Bertz CT molecular complexity index is 463. The van der Waals surface area contributed by atoms with Crippen LogP contribution in [0.5, 0.6) is 0 Å². The van der Waals surface area contributed by atoms with Gasteiger partial charge >= 0.3 is 0 Å². The minimum absolute atomic E-state index is 0.0414. The SMILES string of the molecule is N#CSc1cnc(N2CC(=O)CC2=O)s1. The molecule has 0 N–H and O–H groups in total. The number of thioether (sulfide) groups is 1. The van der Waals surface area contributed by atoms with E-state index in [-0.39, 0.29) is 24.7 Å². The van der Waals surface area contributed by atoms with E-state index in [2.05, 4.69) is 4.98 Å². The van der Waals surface area contributed by atoms with Gasteiger partial charge in [0.2, 0.25) is 5.91 Å². The van der Waals surface area contributed by atoms with Gasteiger partial charge in [-0.1, -0.05) is 11.3 Å². The van der Waals surface area contributed by atoms with Crippen molar-refractivity contribution in [3.05, 3.63) is 6.20 Å². The molecule has 1 fully saturated rings. The summed E-state index contributed by atoms with van der Waals surface area (Å²) in [5.74, 6) is -0.312. The van der Waals surface area contributed by atoms with Gasteiger partial charge in [-0.05, 0) is 0 Å². The van der Waals surface area contributed by atoms with Crippen molar-refractivity contribution in [2.24, 2.45) is 0 Å². The maximum Gasteiger partial charge on any atom is 0.236 e. The van der Waals surface area contributed by atoms with E-state index in [9.17, 15) is 9.59 Å². The van der Waals surface area contributed by atoms with Gasteiger partial charge in [0.05, 0.1) is 23.4 Å². The van der Waals surface area contributed by atoms with Crippen molar-refractivity contribution >= 4 is 39.9 Å². The van der Waals surface area contributed by atoms with Crippen molar-refractivity contribution in [1.29, 1.82) is 5.26 Å². The Morgan fingerprint density at radius 2 is 2.40 bits per heavy atom. The number of carbonyl (C=O) groups excluding carboxylic acids is 2. The Morgan fingerprint density at radius 1 is 1.60 bits per heavy atom. The number of nitrogens with zero attached hydrogens (tertiary/aromatic N) is 3. The van der Waals surface area contributed by atoms with Gasteiger partial charge in [-0.25, -0.2) is 4.98 Å². The Balaban J connectivity index is 2.19. The molecule has 0 unspecified atom stereocenters. The molecule has 1 aromatic rings. The van der Waals surface area contributed by atoms with Crippen LogP contribution in [0.1, 0.15) is 6.42 Å². The molecular weight excluding hydrogens is 234 g/mol. The summed E-state index contributed by atoms with van der Waals surface area (Å²) in [5.41, 5.74) is 0. The highest BCUT2D eigenvalue weighted by molar-refractivity contribution is 8.05. The molecule has 1 aliphatic rings. The Labute approximate surface area is 93.7 Å². The topological polar surface area (TPSA) is 74.1 Å². The molecule has 2 rings (SSSR count). The van der Waals surface area contributed by atoms with E-state index in [0.29, 0.717) is 5.13 Å². The summed E-state index contributed by atoms with van der Waals surface area (Å²) in [6, 6.07) is 0. The largest absolute Gasteiger partial charge is 0.297 e. The summed E-state index contributed by atoms with van der Waals surface area (Å²) < 4.78 is 0.722. The molecule has 0 aliphatic carbocycles. The summed E-state index contributed by atoms with van der Waals surface area (Å²) in [5, 5.41) is 10.9. The van der Waals surface area contributed by atoms with Crippen LogP contribution in [-0.4, -0.2) is 23.2 Å². The summed E-state index contributed by atoms with van der Waals surface area (Å²) >= 11 is 2.24. The maximum atomic E-state index is 11.4. The predicted molar refractivity (Wildman–Crippen MR) is 55.6 cm³/mol. The number of ketones is 1.